The van der Waals surface area contributed by atoms with E-state index in [2.05, 4.69) is 0 Å². The van der Waals surface area contributed by atoms with Gasteiger partial charge in [-0.1, -0.05) is 35.9 Å². The van der Waals surface area contributed by atoms with Gasteiger partial charge in [-0.2, -0.15) is 0 Å². The summed E-state index contributed by atoms with van der Waals surface area (Å²) in [6, 6.07) is 10.8. The van der Waals surface area contributed by atoms with Crippen molar-refractivity contribution in [2.75, 3.05) is 0 Å². The molecule has 0 bridgehead atoms. The zero-order valence-electron chi connectivity index (χ0n) is 14.7. The lowest BCUT2D eigenvalue weighted by Crippen LogP contribution is -2.32. The molecule has 0 heterocycles. The lowest BCUT2D eigenvalue weighted by Gasteiger charge is -2.05. The molecule has 0 saturated heterocycles. The second-order valence-electron chi connectivity index (χ2n) is 5.85. The Balaban J connectivity index is 0.000000283. The molecule has 2 aromatic rings. The minimum atomic E-state index is -1.09. The quantitative estimate of drug-likeness (QED) is 0.396. The number of rotatable bonds is 7. The number of carboxylic acids is 2. The number of aliphatic carboxylic acids is 2. The minimum Gasteiger partial charge on any atom is -0.480 e. The summed E-state index contributed by atoms with van der Waals surface area (Å²) in [4.78, 5) is 30.7. The van der Waals surface area contributed by atoms with Gasteiger partial charge in [0.05, 0.1) is 4.92 Å². The van der Waals surface area contributed by atoms with E-state index in [1.165, 1.54) is 24.3 Å². The van der Waals surface area contributed by atoms with Crippen LogP contribution in [0.15, 0.2) is 48.5 Å². The van der Waals surface area contributed by atoms with Crippen LogP contribution < -0.4 is 11.5 Å². The van der Waals surface area contributed by atoms with Gasteiger partial charge in [0.2, 0.25) is 0 Å². The first-order valence-electron chi connectivity index (χ1n) is 8.04. The van der Waals surface area contributed by atoms with E-state index in [-0.39, 0.29) is 12.1 Å². The molecule has 0 aliphatic carbocycles. The van der Waals surface area contributed by atoms with E-state index in [0.29, 0.717) is 17.0 Å². The third-order valence-corrected chi connectivity index (χ3v) is 3.86. The van der Waals surface area contributed by atoms with Gasteiger partial charge in [-0.25, -0.2) is 0 Å². The van der Waals surface area contributed by atoms with E-state index in [9.17, 15) is 19.7 Å². The van der Waals surface area contributed by atoms with Crippen LogP contribution in [0.2, 0.25) is 5.02 Å². The molecule has 0 fully saturated rings. The van der Waals surface area contributed by atoms with Crippen molar-refractivity contribution >= 4 is 29.2 Å². The zero-order chi connectivity index (χ0) is 21.3. The van der Waals surface area contributed by atoms with E-state index >= 15 is 0 Å². The number of nitrogens with zero attached hydrogens (tertiary/aromatic N) is 1. The summed E-state index contributed by atoms with van der Waals surface area (Å²) in [7, 11) is 0. The molecule has 0 aliphatic rings. The molecule has 150 valence electrons. The van der Waals surface area contributed by atoms with Crippen LogP contribution in [0.3, 0.4) is 0 Å². The number of benzene rings is 2. The van der Waals surface area contributed by atoms with E-state index in [4.69, 9.17) is 33.3 Å². The molecule has 2 aromatic carbocycles. The average Bonchev–Trinajstić information content (AvgIpc) is 2.64. The van der Waals surface area contributed by atoms with Crippen molar-refractivity contribution in [1.82, 2.24) is 0 Å². The highest BCUT2D eigenvalue weighted by atomic mass is 35.5. The third-order valence-electron chi connectivity index (χ3n) is 3.61. The SMILES string of the molecule is NC(Cc1ccc(Cl)cc1)C(=O)O.NC(Cc1ccc([N+](=O)[O-])cc1)C(=O)O. The number of carbonyl (C=O) groups is 2. The third kappa shape index (κ3) is 8.12. The summed E-state index contributed by atoms with van der Waals surface area (Å²) in [5, 5.41) is 28.1. The number of non-ortho nitro benzene ring substituents is 1. The lowest BCUT2D eigenvalue weighted by molar-refractivity contribution is -0.384. The first-order chi connectivity index (χ1) is 13.1. The second kappa shape index (κ2) is 11.0. The Hall–Kier alpha value is -3.01. The molecule has 0 amide bonds. The van der Waals surface area contributed by atoms with Crippen LogP contribution in [-0.4, -0.2) is 39.2 Å². The maximum absolute atomic E-state index is 10.4. The Bertz CT molecular complexity index is 811. The number of carboxylic acid groups (broad SMARTS) is 2. The molecule has 0 aromatic heterocycles. The van der Waals surface area contributed by atoms with E-state index in [1.54, 1.807) is 24.3 Å². The predicted molar refractivity (Wildman–Crippen MR) is 103 cm³/mol. The first-order valence-corrected chi connectivity index (χ1v) is 8.42. The fourth-order valence-corrected chi connectivity index (χ4v) is 2.18. The highest BCUT2D eigenvalue weighted by Crippen LogP contribution is 2.13. The maximum atomic E-state index is 10.4. The van der Waals surface area contributed by atoms with Gasteiger partial charge in [0.15, 0.2) is 0 Å². The maximum Gasteiger partial charge on any atom is 0.320 e. The molecular weight excluding hydrogens is 390 g/mol. The molecule has 6 N–H and O–H groups in total. The minimum absolute atomic E-state index is 0.0253. The topological polar surface area (TPSA) is 170 Å². The van der Waals surface area contributed by atoms with Crippen LogP contribution in [0.5, 0.6) is 0 Å². The largest absolute Gasteiger partial charge is 0.480 e. The summed E-state index contributed by atoms with van der Waals surface area (Å²) < 4.78 is 0. The smallest absolute Gasteiger partial charge is 0.320 e. The van der Waals surface area contributed by atoms with Crippen molar-refractivity contribution in [3.05, 3.63) is 74.8 Å². The highest BCUT2D eigenvalue weighted by Gasteiger charge is 2.13. The van der Waals surface area contributed by atoms with Crippen LogP contribution >= 0.6 is 11.6 Å². The van der Waals surface area contributed by atoms with Gasteiger partial charge in [0.25, 0.3) is 5.69 Å². The lowest BCUT2D eigenvalue weighted by atomic mass is 10.1. The van der Waals surface area contributed by atoms with E-state index in [1.807, 2.05) is 0 Å². The number of halogens is 1. The molecule has 10 heteroatoms. The summed E-state index contributed by atoms with van der Waals surface area (Å²) in [6.45, 7) is 0. The molecular formula is C18H20ClN3O6. The van der Waals surface area contributed by atoms with Crippen molar-refractivity contribution in [2.24, 2.45) is 11.5 Å². The molecule has 0 spiro atoms. The average molecular weight is 410 g/mol. The van der Waals surface area contributed by atoms with Gasteiger partial charge in [-0.3, -0.25) is 19.7 Å². The van der Waals surface area contributed by atoms with E-state index < -0.39 is 28.9 Å². The Kier molecular flexibility index (Phi) is 9.03. The molecule has 0 aliphatic heterocycles. The van der Waals surface area contributed by atoms with Crippen LogP contribution in [0.1, 0.15) is 11.1 Å². The summed E-state index contributed by atoms with van der Waals surface area (Å²) in [5.74, 6) is -2.08. The molecule has 2 atom stereocenters. The Labute approximate surface area is 165 Å². The molecule has 28 heavy (non-hydrogen) atoms. The molecule has 0 saturated carbocycles. The first kappa shape index (κ1) is 23.0. The molecule has 0 radical (unpaired) electrons. The van der Waals surface area contributed by atoms with Crippen molar-refractivity contribution in [3.8, 4) is 0 Å². The Morgan fingerprint density at radius 2 is 1.25 bits per heavy atom. The van der Waals surface area contributed by atoms with Crippen LogP contribution in [0.4, 0.5) is 5.69 Å². The number of hydrogen-bond donors (Lipinski definition) is 4. The Morgan fingerprint density at radius 1 is 0.893 bits per heavy atom. The van der Waals surface area contributed by atoms with Crippen molar-refractivity contribution in [2.45, 2.75) is 24.9 Å². The van der Waals surface area contributed by atoms with Crippen molar-refractivity contribution in [3.63, 3.8) is 0 Å². The normalized spacial score (nSPS) is 12.2. The van der Waals surface area contributed by atoms with Crippen molar-refractivity contribution < 1.29 is 24.7 Å². The fraction of sp³-hybridized carbons (Fsp3) is 0.222. The molecule has 9 nitrogen and oxygen atoms in total. The van der Waals surface area contributed by atoms with Gasteiger partial charge < -0.3 is 21.7 Å². The Morgan fingerprint density at radius 3 is 1.57 bits per heavy atom. The summed E-state index contributed by atoms with van der Waals surface area (Å²) >= 11 is 5.66. The highest BCUT2D eigenvalue weighted by molar-refractivity contribution is 6.30. The number of nitro groups is 1. The predicted octanol–water partition coefficient (Wildman–Crippen LogP) is 1.84. The fourth-order valence-electron chi connectivity index (χ4n) is 2.06. The monoisotopic (exact) mass is 409 g/mol. The van der Waals surface area contributed by atoms with Gasteiger partial charge in [-0.15, -0.1) is 0 Å². The number of nitrogens with two attached hydrogens (primary N) is 2. The number of hydrogen-bond acceptors (Lipinski definition) is 6. The van der Waals surface area contributed by atoms with Crippen LogP contribution in [0, 0.1) is 10.1 Å². The summed E-state index contributed by atoms with van der Waals surface area (Å²) in [6.07, 6.45) is 0.486. The molecule has 2 unspecified atom stereocenters. The van der Waals surface area contributed by atoms with Gasteiger partial charge in [0.1, 0.15) is 12.1 Å². The summed E-state index contributed by atoms with van der Waals surface area (Å²) in [5.41, 5.74) is 12.2. The van der Waals surface area contributed by atoms with Crippen LogP contribution in [-0.2, 0) is 22.4 Å². The second-order valence-corrected chi connectivity index (χ2v) is 6.28. The number of nitro benzene ring substituents is 1. The van der Waals surface area contributed by atoms with Gasteiger partial charge >= 0.3 is 11.9 Å². The van der Waals surface area contributed by atoms with E-state index in [0.717, 1.165) is 5.56 Å². The van der Waals surface area contributed by atoms with Crippen molar-refractivity contribution in [1.29, 1.82) is 0 Å². The zero-order valence-corrected chi connectivity index (χ0v) is 15.5. The molecule has 2 rings (SSSR count). The van der Waals surface area contributed by atoms with Gasteiger partial charge in [0, 0.05) is 17.2 Å². The standard InChI is InChI=1S/C9H10ClNO2.C9H10N2O4/c10-7-3-1-6(2-4-7)5-8(11)9(12)13;10-8(9(12)13)5-6-1-3-7(4-2-6)11(14)15/h1-4,8H,5,11H2,(H,12,13);1-4,8H,5,10H2,(H,12,13). The van der Waals surface area contributed by atoms with Gasteiger partial charge in [-0.05, 0) is 36.1 Å². The van der Waals surface area contributed by atoms with Crippen LogP contribution in [0.25, 0.3) is 0 Å².